The summed E-state index contributed by atoms with van der Waals surface area (Å²) >= 11 is 0. The number of amides is 1. The van der Waals surface area contributed by atoms with Gasteiger partial charge in [-0.1, -0.05) is 18.2 Å². The van der Waals surface area contributed by atoms with E-state index in [1.54, 1.807) is 12.1 Å². The summed E-state index contributed by atoms with van der Waals surface area (Å²) in [6.45, 7) is 0. The number of H-pyrrole nitrogens is 1. The smallest absolute Gasteiger partial charge is 0.259 e. The number of nitrogens with zero attached hydrogens (tertiary/aromatic N) is 1. The minimum absolute atomic E-state index is 0.0210. The van der Waals surface area contributed by atoms with E-state index in [0.717, 1.165) is 0 Å². The number of anilines is 2. The molecule has 2 aromatic carbocycles. The third kappa shape index (κ3) is 3.89. The first kappa shape index (κ1) is 19.5. The molecule has 0 spiro atoms. The lowest BCUT2D eigenvalue weighted by Gasteiger charge is -2.14. The van der Waals surface area contributed by atoms with Gasteiger partial charge < -0.3 is 15.6 Å². The van der Waals surface area contributed by atoms with Gasteiger partial charge >= 0.3 is 0 Å². The zero-order valence-electron chi connectivity index (χ0n) is 15.3. The number of rotatable bonds is 5. The van der Waals surface area contributed by atoms with Gasteiger partial charge in [0, 0.05) is 24.4 Å². The van der Waals surface area contributed by atoms with Crippen LogP contribution in [0.3, 0.4) is 0 Å². The Morgan fingerprint density at radius 3 is 2.48 bits per heavy atom. The molecule has 0 aliphatic heterocycles. The highest BCUT2D eigenvalue weighted by atomic mass is 19.1. The molecule has 1 heterocycles. The van der Waals surface area contributed by atoms with E-state index < -0.39 is 11.4 Å². The van der Waals surface area contributed by atoms with E-state index in [4.69, 9.17) is 5.41 Å². The largest absolute Gasteiger partial charge is 0.355 e. The third-order valence-electron chi connectivity index (χ3n) is 4.27. The molecule has 7 nitrogen and oxygen atoms in total. The number of hydrogen-bond donors (Lipinski definition) is 4. The second kappa shape index (κ2) is 8.19. The van der Waals surface area contributed by atoms with Gasteiger partial charge in [0.2, 0.25) is 0 Å². The van der Waals surface area contributed by atoms with Gasteiger partial charge in [-0.05, 0) is 30.3 Å². The molecule has 0 saturated heterocycles. The first-order chi connectivity index (χ1) is 14.0. The molecule has 0 unspecified atom stereocenters. The fourth-order valence-electron chi connectivity index (χ4n) is 2.79. The Balaban J connectivity index is 2.04. The van der Waals surface area contributed by atoms with Crippen molar-refractivity contribution in [3.63, 3.8) is 0 Å². The average Bonchev–Trinajstić information content (AvgIpc) is 2.74. The molecule has 3 aromatic rings. The van der Waals surface area contributed by atoms with E-state index in [2.05, 4.69) is 15.6 Å². The third-order valence-corrected chi connectivity index (χ3v) is 4.27. The van der Waals surface area contributed by atoms with Crippen molar-refractivity contribution in [2.75, 3.05) is 12.4 Å². The van der Waals surface area contributed by atoms with Crippen LogP contribution in [-0.2, 0) is 0 Å². The van der Waals surface area contributed by atoms with Crippen LogP contribution in [0.15, 0.2) is 59.5 Å². The maximum atomic E-state index is 14.2. The van der Waals surface area contributed by atoms with Gasteiger partial charge in [-0.2, -0.15) is 5.26 Å². The lowest BCUT2D eigenvalue weighted by atomic mass is 10.0. The lowest BCUT2D eigenvalue weighted by Crippen LogP contribution is -2.21. The number of para-hydroxylation sites is 1. The Morgan fingerprint density at radius 1 is 1.14 bits per heavy atom. The minimum atomic E-state index is -0.656. The molecule has 1 amide bonds. The Morgan fingerprint density at radius 2 is 1.83 bits per heavy atom. The van der Waals surface area contributed by atoms with Crippen molar-refractivity contribution < 1.29 is 9.18 Å². The van der Waals surface area contributed by atoms with E-state index in [9.17, 15) is 19.2 Å². The molecular formula is C21H16FN5O2. The molecule has 0 aliphatic carbocycles. The molecule has 0 radical (unpaired) electrons. The maximum Gasteiger partial charge on any atom is 0.259 e. The molecule has 0 bridgehead atoms. The molecule has 144 valence electrons. The molecule has 1 aromatic heterocycles. The molecule has 0 fully saturated rings. The SMILES string of the molecule is CNC(=O)c1ccc(C(=N)c2c(Nc3c(F)cccc3C#N)cc[nH]c2=O)cc1. The summed E-state index contributed by atoms with van der Waals surface area (Å²) in [7, 11) is 1.51. The number of aromatic amines is 1. The summed E-state index contributed by atoms with van der Waals surface area (Å²) < 4.78 is 14.2. The van der Waals surface area contributed by atoms with Crippen LogP contribution < -0.4 is 16.2 Å². The summed E-state index contributed by atoms with van der Waals surface area (Å²) in [6, 6.07) is 13.6. The van der Waals surface area contributed by atoms with E-state index in [1.807, 2.05) is 6.07 Å². The first-order valence-corrected chi connectivity index (χ1v) is 8.55. The number of aromatic nitrogens is 1. The summed E-state index contributed by atoms with van der Waals surface area (Å²) in [5, 5.41) is 23.0. The Bertz CT molecular complexity index is 1190. The van der Waals surface area contributed by atoms with Gasteiger partial charge in [-0.25, -0.2) is 4.39 Å². The highest BCUT2D eigenvalue weighted by Crippen LogP contribution is 2.26. The number of carbonyl (C=O) groups excluding carboxylic acids is 1. The monoisotopic (exact) mass is 389 g/mol. The molecule has 29 heavy (non-hydrogen) atoms. The van der Waals surface area contributed by atoms with Crippen molar-refractivity contribution in [2.24, 2.45) is 0 Å². The number of nitrogens with one attached hydrogen (secondary N) is 4. The van der Waals surface area contributed by atoms with Crippen LogP contribution >= 0.6 is 0 Å². The number of carbonyl (C=O) groups is 1. The van der Waals surface area contributed by atoms with Crippen LogP contribution in [0.2, 0.25) is 0 Å². The molecular weight excluding hydrogens is 373 g/mol. The van der Waals surface area contributed by atoms with Crippen LogP contribution in [-0.4, -0.2) is 23.7 Å². The molecule has 8 heteroatoms. The van der Waals surface area contributed by atoms with Crippen LogP contribution in [0, 0.1) is 22.6 Å². The highest BCUT2D eigenvalue weighted by molar-refractivity contribution is 6.14. The minimum Gasteiger partial charge on any atom is -0.355 e. The van der Waals surface area contributed by atoms with Crippen LogP contribution in [0.25, 0.3) is 0 Å². The van der Waals surface area contributed by atoms with Crippen LogP contribution in [0.5, 0.6) is 0 Å². The van der Waals surface area contributed by atoms with Crippen molar-refractivity contribution in [3.8, 4) is 6.07 Å². The first-order valence-electron chi connectivity index (χ1n) is 8.55. The molecule has 0 aliphatic rings. The fraction of sp³-hybridized carbons (Fsp3) is 0.0476. The van der Waals surface area contributed by atoms with Crippen LogP contribution in [0.1, 0.15) is 27.0 Å². The van der Waals surface area contributed by atoms with Crippen molar-refractivity contribution >= 4 is 23.0 Å². The highest BCUT2D eigenvalue weighted by Gasteiger charge is 2.17. The van der Waals surface area contributed by atoms with E-state index >= 15 is 0 Å². The Labute approximate surface area is 165 Å². The second-order valence-corrected chi connectivity index (χ2v) is 6.03. The van der Waals surface area contributed by atoms with E-state index in [1.165, 1.54) is 49.6 Å². The molecule has 4 N–H and O–H groups in total. The van der Waals surface area contributed by atoms with Gasteiger partial charge in [-0.3, -0.25) is 15.0 Å². The lowest BCUT2D eigenvalue weighted by molar-refractivity contribution is 0.0963. The number of hydrogen-bond acceptors (Lipinski definition) is 5. The van der Waals surface area contributed by atoms with E-state index in [-0.39, 0.29) is 34.1 Å². The normalized spacial score (nSPS) is 10.1. The van der Waals surface area contributed by atoms with Gasteiger partial charge in [0.15, 0.2) is 0 Å². The number of nitriles is 1. The van der Waals surface area contributed by atoms with Gasteiger partial charge in [0.05, 0.1) is 28.2 Å². The quantitative estimate of drug-likeness (QED) is 0.501. The van der Waals surface area contributed by atoms with Crippen molar-refractivity contribution in [1.82, 2.24) is 10.3 Å². The summed E-state index contributed by atoms with van der Waals surface area (Å²) in [5.74, 6) is -0.927. The summed E-state index contributed by atoms with van der Waals surface area (Å²) in [6.07, 6.45) is 1.36. The van der Waals surface area contributed by atoms with Crippen molar-refractivity contribution in [2.45, 2.75) is 0 Å². The van der Waals surface area contributed by atoms with Crippen molar-refractivity contribution in [1.29, 1.82) is 10.7 Å². The van der Waals surface area contributed by atoms with Gasteiger partial charge in [0.1, 0.15) is 11.9 Å². The van der Waals surface area contributed by atoms with Crippen LogP contribution in [0.4, 0.5) is 15.8 Å². The predicted molar refractivity (Wildman–Crippen MR) is 107 cm³/mol. The van der Waals surface area contributed by atoms with Gasteiger partial charge in [-0.15, -0.1) is 0 Å². The molecule has 3 rings (SSSR count). The average molecular weight is 389 g/mol. The molecule has 0 atom stereocenters. The fourth-order valence-corrected chi connectivity index (χ4v) is 2.79. The molecule has 0 saturated carbocycles. The standard InChI is InChI=1S/C21H16FN5O2/c1-25-20(28)13-7-5-12(6-8-13)18(24)17-16(9-10-26-21(17)29)27-19-14(11-23)3-2-4-15(19)22/h2-10,24H,1H3,(H,25,28)(H2,26,27,29). The van der Waals surface area contributed by atoms with Crippen molar-refractivity contribution in [3.05, 3.63) is 93.2 Å². The zero-order valence-corrected chi connectivity index (χ0v) is 15.3. The Kier molecular flexibility index (Phi) is 5.51. The Hall–Kier alpha value is -4.25. The summed E-state index contributed by atoms with van der Waals surface area (Å²) in [5.41, 5.74) is 0.282. The van der Waals surface area contributed by atoms with E-state index in [0.29, 0.717) is 11.1 Å². The number of benzene rings is 2. The number of halogens is 1. The van der Waals surface area contributed by atoms with Gasteiger partial charge in [0.25, 0.3) is 11.5 Å². The zero-order chi connectivity index (χ0) is 21.0. The summed E-state index contributed by atoms with van der Waals surface area (Å²) in [4.78, 5) is 26.6. The number of pyridine rings is 1. The topological polar surface area (TPSA) is 122 Å². The predicted octanol–water partition coefficient (Wildman–Crippen LogP) is 2.91. The maximum absolute atomic E-state index is 14.2. The second-order valence-electron chi connectivity index (χ2n) is 6.03.